The maximum absolute atomic E-state index is 9.74. The van der Waals surface area contributed by atoms with Gasteiger partial charge in [-0.2, -0.15) is 0 Å². The van der Waals surface area contributed by atoms with Crippen LogP contribution in [0.2, 0.25) is 0 Å². The van der Waals surface area contributed by atoms with Crippen LogP contribution in [0.3, 0.4) is 0 Å². The van der Waals surface area contributed by atoms with Crippen molar-refractivity contribution in [2.75, 3.05) is 6.61 Å². The second-order valence-electron chi connectivity index (χ2n) is 5.43. The molecule has 0 fully saturated rings. The molecule has 1 heterocycles. The number of ether oxygens (including phenoxy) is 1. The van der Waals surface area contributed by atoms with Crippen LogP contribution >= 0.6 is 11.3 Å². The van der Waals surface area contributed by atoms with E-state index in [1.54, 1.807) is 17.4 Å². The topological polar surface area (TPSA) is 42.4 Å². The molecule has 0 radical (unpaired) electrons. The number of phenolic OH excluding ortho intramolecular Hbond substituents is 1. The van der Waals surface area contributed by atoms with Gasteiger partial charge in [0.2, 0.25) is 0 Å². The van der Waals surface area contributed by atoms with Gasteiger partial charge in [-0.3, -0.25) is 0 Å². The number of hydrogen-bond donors (Lipinski definition) is 1. The predicted molar refractivity (Wildman–Crippen MR) is 100 cm³/mol. The summed E-state index contributed by atoms with van der Waals surface area (Å²) in [4.78, 5) is 4.65. The number of nitrogens with zero attached hydrogens (tertiary/aromatic N) is 1. The molecular formula is C20H19NO2S. The van der Waals surface area contributed by atoms with Crippen LogP contribution in [0.1, 0.15) is 23.1 Å². The molecule has 2 aromatic carbocycles. The van der Waals surface area contributed by atoms with Gasteiger partial charge < -0.3 is 9.84 Å². The average molecular weight is 337 g/mol. The smallest absolute Gasteiger partial charge is 0.161 e. The standard InChI is InChI=1S/C20H19NO2S/c1-3-23-19-12-15(6-10-18(19)22)7-11-20-21-17(13-24-20)16-8-4-14(2)5-9-16/h4-13,22H,3H2,1-2H3. The first-order valence-corrected chi connectivity index (χ1v) is 8.70. The fourth-order valence-corrected chi connectivity index (χ4v) is 3.01. The first-order chi connectivity index (χ1) is 11.7. The lowest BCUT2D eigenvalue weighted by Gasteiger charge is -2.06. The van der Waals surface area contributed by atoms with Gasteiger partial charge in [0.05, 0.1) is 12.3 Å². The minimum atomic E-state index is 0.157. The van der Waals surface area contributed by atoms with E-state index in [9.17, 15) is 5.11 Å². The highest BCUT2D eigenvalue weighted by molar-refractivity contribution is 7.10. The summed E-state index contributed by atoms with van der Waals surface area (Å²) >= 11 is 1.61. The van der Waals surface area contributed by atoms with Gasteiger partial charge in [0.15, 0.2) is 11.5 Å². The summed E-state index contributed by atoms with van der Waals surface area (Å²) in [5.74, 6) is 0.657. The van der Waals surface area contributed by atoms with Crippen LogP contribution in [-0.2, 0) is 0 Å². The molecule has 122 valence electrons. The highest BCUT2D eigenvalue weighted by Crippen LogP contribution is 2.28. The van der Waals surface area contributed by atoms with Crippen molar-refractivity contribution < 1.29 is 9.84 Å². The molecule has 3 nitrogen and oxygen atoms in total. The van der Waals surface area contributed by atoms with Crippen molar-refractivity contribution in [3.8, 4) is 22.8 Å². The Labute approximate surface area is 145 Å². The maximum Gasteiger partial charge on any atom is 0.161 e. The molecule has 0 aliphatic heterocycles. The zero-order valence-corrected chi connectivity index (χ0v) is 14.5. The van der Waals surface area contributed by atoms with Crippen molar-refractivity contribution >= 4 is 23.5 Å². The summed E-state index contributed by atoms with van der Waals surface area (Å²) in [7, 11) is 0. The quantitative estimate of drug-likeness (QED) is 0.678. The number of aryl methyl sites for hydroxylation is 1. The fourth-order valence-electron chi connectivity index (χ4n) is 2.29. The predicted octanol–water partition coefficient (Wildman–Crippen LogP) is 5.39. The van der Waals surface area contributed by atoms with E-state index in [1.165, 1.54) is 5.56 Å². The SMILES string of the molecule is CCOc1cc(C=Cc2nc(-c3ccc(C)cc3)cs2)ccc1O. The van der Waals surface area contributed by atoms with E-state index in [0.29, 0.717) is 12.4 Å². The number of benzene rings is 2. The number of rotatable bonds is 5. The number of aromatic nitrogens is 1. The van der Waals surface area contributed by atoms with Crippen LogP contribution in [-0.4, -0.2) is 16.7 Å². The zero-order chi connectivity index (χ0) is 16.9. The number of hydrogen-bond acceptors (Lipinski definition) is 4. The Morgan fingerprint density at radius 1 is 1.12 bits per heavy atom. The maximum atomic E-state index is 9.74. The first-order valence-electron chi connectivity index (χ1n) is 7.82. The van der Waals surface area contributed by atoms with Crippen LogP contribution in [0.4, 0.5) is 0 Å². The zero-order valence-electron chi connectivity index (χ0n) is 13.7. The van der Waals surface area contributed by atoms with Crippen LogP contribution in [0.25, 0.3) is 23.4 Å². The minimum Gasteiger partial charge on any atom is -0.504 e. The molecule has 1 N–H and O–H groups in total. The Hall–Kier alpha value is -2.59. The number of aromatic hydroxyl groups is 1. The number of phenols is 1. The summed E-state index contributed by atoms with van der Waals surface area (Å²) in [5, 5.41) is 12.7. The van der Waals surface area contributed by atoms with Crippen molar-refractivity contribution in [1.29, 1.82) is 0 Å². The lowest BCUT2D eigenvalue weighted by molar-refractivity contribution is 0.318. The van der Waals surface area contributed by atoms with E-state index in [4.69, 9.17) is 4.74 Å². The van der Waals surface area contributed by atoms with Crippen LogP contribution in [0.15, 0.2) is 47.8 Å². The van der Waals surface area contributed by atoms with Gasteiger partial charge in [0.25, 0.3) is 0 Å². The third kappa shape index (κ3) is 3.84. The minimum absolute atomic E-state index is 0.157. The number of thiazole rings is 1. The molecule has 0 unspecified atom stereocenters. The third-order valence-electron chi connectivity index (χ3n) is 3.57. The fraction of sp³-hybridized carbons (Fsp3) is 0.150. The van der Waals surface area contributed by atoms with Crippen LogP contribution < -0.4 is 4.74 Å². The molecule has 0 aliphatic rings. The highest BCUT2D eigenvalue weighted by atomic mass is 32.1. The van der Waals surface area contributed by atoms with Gasteiger partial charge in [-0.05, 0) is 37.6 Å². The molecule has 0 amide bonds. The van der Waals surface area contributed by atoms with E-state index in [2.05, 4.69) is 41.6 Å². The first kappa shape index (κ1) is 16.3. The summed E-state index contributed by atoms with van der Waals surface area (Å²) in [6.07, 6.45) is 3.95. The van der Waals surface area contributed by atoms with E-state index < -0.39 is 0 Å². The molecule has 3 aromatic rings. The van der Waals surface area contributed by atoms with Crippen LogP contribution in [0.5, 0.6) is 11.5 Å². The van der Waals surface area contributed by atoms with Crippen molar-refractivity contribution in [2.45, 2.75) is 13.8 Å². The Morgan fingerprint density at radius 2 is 1.92 bits per heavy atom. The van der Waals surface area contributed by atoms with Gasteiger partial charge in [-0.15, -0.1) is 11.3 Å². The van der Waals surface area contributed by atoms with Gasteiger partial charge in [0.1, 0.15) is 5.01 Å². The lowest BCUT2D eigenvalue weighted by Crippen LogP contribution is -1.91. The molecule has 0 spiro atoms. The molecule has 0 saturated carbocycles. The van der Waals surface area contributed by atoms with Crippen molar-refractivity contribution in [2.24, 2.45) is 0 Å². The van der Waals surface area contributed by atoms with Gasteiger partial charge >= 0.3 is 0 Å². The van der Waals surface area contributed by atoms with E-state index in [-0.39, 0.29) is 5.75 Å². The Bertz CT molecular complexity index is 850. The van der Waals surface area contributed by atoms with Crippen molar-refractivity contribution in [3.05, 3.63) is 64.0 Å². The van der Waals surface area contributed by atoms with Crippen molar-refractivity contribution in [1.82, 2.24) is 4.98 Å². The molecule has 0 bridgehead atoms. The second-order valence-corrected chi connectivity index (χ2v) is 6.32. The van der Waals surface area contributed by atoms with E-state index in [0.717, 1.165) is 21.8 Å². The largest absolute Gasteiger partial charge is 0.504 e. The Morgan fingerprint density at radius 3 is 2.67 bits per heavy atom. The second kappa shape index (κ2) is 7.32. The molecule has 4 heteroatoms. The average Bonchev–Trinajstić information content (AvgIpc) is 3.05. The third-order valence-corrected chi connectivity index (χ3v) is 4.38. The lowest BCUT2D eigenvalue weighted by atomic mass is 10.1. The molecule has 1 aromatic heterocycles. The monoisotopic (exact) mass is 337 g/mol. The summed E-state index contributed by atoms with van der Waals surface area (Å²) < 4.78 is 5.40. The Kier molecular flexibility index (Phi) is 4.96. The molecule has 0 saturated heterocycles. The van der Waals surface area contributed by atoms with Gasteiger partial charge in [0, 0.05) is 10.9 Å². The summed E-state index contributed by atoms with van der Waals surface area (Å²) in [6, 6.07) is 13.7. The summed E-state index contributed by atoms with van der Waals surface area (Å²) in [6.45, 7) is 4.49. The Balaban J connectivity index is 1.78. The van der Waals surface area contributed by atoms with E-state index >= 15 is 0 Å². The van der Waals surface area contributed by atoms with Crippen LogP contribution in [0, 0.1) is 6.92 Å². The van der Waals surface area contributed by atoms with Crippen molar-refractivity contribution in [3.63, 3.8) is 0 Å². The molecule has 24 heavy (non-hydrogen) atoms. The highest BCUT2D eigenvalue weighted by Gasteiger charge is 2.04. The summed E-state index contributed by atoms with van der Waals surface area (Å²) in [5.41, 5.74) is 4.31. The van der Waals surface area contributed by atoms with E-state index in [1.807, 2.05) is 31.2 Å². The van der Waals surface area contributed by atoms with Gasteiger partial charge in [-0.1, -0.05) is 42.0 Å². The molecule has 3 rings (SSSR count). The van der Waals surface area contributed by atoms with Gasteiger partial charge in [-0.25, -0.2) is 4.98 Å². The molecular weight excluding hydrogens is 318 g/mol. The normalized spacial score (nSPS) is 11.1. The molecule has 0 aliphatic carbocycles. The molecule has 0 atom stereocenters.